The SMILES string of the molecule is Cc1cn2nc(-c3cc(=O)n4cc(N5CCC6(CC5)CNC6)ccc4n3)cc2c(C)n1. The van der Waals surface area contributed by atoms with Gasteiger partial charge in [0.1, 0.15) is 11.3 Å². The van der Waals surface area contributed by atoms with Crippen LogP contribution in [0, 0.1) is 19.3 Å². The van der Waals surface area contributed by atoms with Gasteiger partial charge in [0.05, 0.1) is 34.5 Å². The number of nitrogens with zero attached hydrogens (tertiary/aromatic N) is 6. The molecule has 2 fully saturated rings. The van der Waals surface area contributed by atoms with Crippen molar-refractivity contribution in [2.24, 2.45) is 5.41 Å². The summed E-state index contributed by atoms with van der Waals surface area (Å²) in [7, 11) is 0. The lowest BCUT2D eigenvalue weighted by molar-refractivity contribution is 0.126. The Hall–Kier alpha value is -3.26. The lowest BCUT2D eigenvalue weighted by Gasteiger charge is -2.48. The third kappa shape index (κ3) is 3.01. The smallest absolute Gasteiger partial charge is 0.258 e. The molecule has 0 bridgehead atoms. The minimum atomic E-state index is -0.0957. The minimum Gasteiger partial charge on any atom is -0.370 e. The fraction of sp³-hybridized carbons (Fsp3) is 0.391. The van der Waals surface area contributed by atoms with Gasteiger partial charge >= 0.3 is 0 Å². The zero-order valence-corrected chi connectivity index (χ0v) is 17.8. The molecule has 0 aromatic carbocycles. The molecule has 1 N–H and O–H groups in total. The lowest BCUT2D eigenvalue weighted by Crippen LogP contribution is -2.58. The molecule has 2 aliphatic rings. The summed E-state index contributed by atoms with van der Waals surface area (Å²) in [6.07, 6.45) is 6.21. The van der Waals surface area contributed by atoms with Crippen molar-refractivity contribution in [1.29, 1.82) is 0 Å². The average molecular weight is 416 g/mol. The van der Waals surface area contributed by atoms with Gasteiger partial charge in [-0.05, 0) is 50.3 Å². The standard InChI is InChI=1S/C23H25N7O/c1-15-11-30-20(16(2)25-15)9-19(27-30)18-10-22(31)29-12-17(3-4-21(29)26-18)28-7-5-23(6-8-28)13-24-14-23/h3-4,9-12,24H,5-8,13-14H2,1-2H3. The number of aryl methyl sites for hydroxylation is 2. The number of aromatic nitrogens is 5. The molecule has 158 valence electrons. The summed E-state index contributed by atoms with van der Waals surface area (Å²) in [5, 5.41) is 8.03. The molecule has 31 heavy (non-hydrogen) atoms. The summed E-state index contributed by atoms with van der Waals surface area (Å²) in [5.41, 5.74) is 6.09. The summed E-state index contributed by atoms with van der Waals surface area (Å²) in [4.78, 5) is 24.5. The molecule has 2 saturated heterocycles. The predicted octanol–water partition coefficient (Wildman–Crippen LogP) is 2.21. The molecule has 0 unspecified atom stereocenters. The van der Waals surface area contributed by atoms with Gasteiger partial charge in [0.15, 0.2) is 0 Å². The Morgan fingerprint density at radius 2 is 1.81 bits per heavy atom. The minimum absolute atomic E-state index is 0.0957. The monoisotopic (exact) mass is 415 g/mol. The molecule has 0 aliphatic carbocycles. The highest BCUT2D eigenvalue weighted by molar-refractivity contribution is 5.66. The third-order valence-corrected chi connectivity index (χ3v) is 6.86. The van der Waals surface area contributed by atoms with Crippen molar-refractivity contribution in [3.63, 3.8) is 0 Å². The van der Waals surface area contributed by atoms with Crippen LogP contribution in [0.3, 0.4) is 0 Å². The molecule has 0 saturated carbocycles. The largest absolute Gasteiger partial charge is 0.370 e. The molecule has 4 aromatic rings. The van der Waals surface area contributed by atoms with Crippen molar-refractivity contribution in [1.82, 2.24) is 29.3 Å². The van der Waals surface area contributed by atoms with E-state index in [1.54, 1.807) is 15.0 Å². The normalized spacial score (nSPS) is 18.1. The Kier molecular flexibility index (Phi) is 3.95. The number of anilines is 1. The molecule has 6 rings (SSSR count). The molecule has 8 heteroatoms. The van der Waals surface area contributed by atoms with E-state index in [1.165, 1.54) is 12.8 Å². The van der Waals surface area contributed by atoms with Gasteiger partial charge in [-0.2, -0.15) is 5.10 Å². The van der Waals surface area contributed by atoms with E-state index in [1.807, 2.05) is 38.4 Å². The van der Waals surface area contributed by atoms with E-state index < -0.39 is 0 Å². The van der Waals surface area contributed by atoms with E-state index in [2.05, 4.69) is 26.4 Å². The highest BCUT2D eigenvalue weighted by Crippen LogP contribution is 2.36. The van der Waals surface area contributed by atoms with Crippen LogP contribution >= 0.6 is 0 Å². The third-order valence-electron chi connectivity index (χ3n) is 6.86. The first-order valence-corrected chi connectivity index (χ1v) is 10.8. The van der Waals surface area contributed by atoms with Crippen LogP contribution in [-0.2, 0) is 0 Å². The average Bonchev–Trinajstić information content (AvgIpc) is 3.17. The first-order valence-electron chi connectivity index (χ1n) is 10.8. The summed E-state index contributed by atoms with van der Waals surface area (Å²) in [6.45, 7) is 8.24. The van der Waals surface area contributed by atoms with Gasteiger partial charge in [-0.3, -0.25) is 14.2 Å². The summed E-state index contributed by atoms with van der Waals surface area (Å²) >= 11 is 0. The van der Waals surface area contributed by atoms with Gasteiger partial charge in [0.25, 0.3) is 5.56 Å². The highest BCUT2D eigenvalue weighted by Gasteiger charge is 2.39. The van der Waals surface area contributed by atoms with E-state index >= 15 is 0 Å². The molecule has 2 aliphatic heterocycles. The molecule has 0 atom stereocenters. The number of piperidine rings is 1. The Labute approximate surface area is 179 Å². The van der Waals surface area contributed by atoms with Crippen LogP contribution in [0.4, 0.5) is 5.69 Å². The Balaban J connectivity index is 1.35. The molecule has 0 amide bonds. The van der Waals surface area contributed by atoms with Gasteiger partial charge in [-0.1, -0.05) is 0 Å². The van der Waals surface area contributed by atoms with Crippen LogP contribution in [0.5, 0.6) is 0 Å². The summed E-state index contributed by atoms with van der Waals surface area (Å²) < 4.78 is 3.45. The van der Waals surface area contributed by atoms with Crippen LogP contribution in [-0.4, -0.2) is 50.2 Å². The molecule has 8 nitrogen and oxygen atoms in total. The maximum Gasteiger partial charge on any atom is 0.258 e. The second-order valence-electron chi connectivity index (χ2n) is 9.01. The van der Waals surface area contributed by atoms with Crippen LogP contribution in [0.2, 0.25) is 0 Å². The predicted molar refractivity (Wildman–Crippen MR) is 120 cm³/mol. The molecule has 6 heterocycles. The molecule has 1 spiro atoms. The topological polar surface area (TPSA) is 79.8 Å². The zero-order chi connectivity index (χ0) is 21.2. The van der Waals surface area contributed by atoms with Crippen LogP contribution in [0.15, 0.2) is 41.5 Å². The fourth-order valence-electron chi connectivity index (χ4n) is 4.90. The van der Waals surface area contributed by atoms with Crippen LogP contribution in [0.1, 0.15) is 24.2 Å². The van der Waals surface area contributed by atoms with Gasteiger partial charge < -0.3 is 10.2 Å². The Bertz CT molecular complexity index is 1370. The second-order valence-corrected chi connectivity index (χ2v) is 9.01. The Morgan fingerprint density at radius 1 is 1.00 bits per heavy atom. The van der Waals surface area contributed by atoms with Gasteiger partial charge in [-0.25, -0.2) is 9.50 Å². The van der Waals surface area contributed by atoms with Crippen molar-refractivity contribution in [3.05, 3.63) is 58.4 Å². The number of nitrogens with one attached hydrogen (secondary N) is 1. The number of fused-ring (bicyclic) bond motifs is 2. The maximum absolute atomic E-state index is 13.0. The number of pyridine rings is 1. The van der Waals surface area contributed by atoms with E-state index in [-0.39, 0.29) is 5.56 Å². The van der Waals surface area contributed by atoms with E-state index in [0.717, 1.165) is 48.8 Å². The molecular weight excluding hydrogens is 390 g/mol. The lowest BCUT2D eigenvalue weighted by atomic mass is 9.73. The van der Waals surface area contributed by atoms with Crippen molar-refractivity contribution in [2.45, 2.75) is 26.7 Å². The van der Waals surface area contributed by atoms with Crippen LogP contribution in [0.25, 0.3) is 22.6 Å². The number of hydrogen-bond donors (Lipinski definition) is 1. The maximum atomic E-state index is 13.0. The van der Waals surface area contributed by atoms with Crippen LogP contribution < -0.4 is 15.8 Å². The van der Waals surface area contributed by atoms with Crippen molar-refractivity contribution in [2.75, 3.05) is 31.1 Å². The first kappa shape index (κ1) is 18.5. The summed E-state index contributed by atoms with van der Waals surface area (Å²) in [6, 6.07) is 7.51. The number of rotatable bonds is 2. The van der Waals surface area contributed by atoms with Gasteiger partial charge in [-0.15, -0.1) is 0 Å². The number of hydrogen-bond acceptors (Lipinski definition) is 6. The fourth-order valence-corrected chi connectivity index (χ4v) is 4.90. The highest BCUT2D eigenvalue weighted by atomic mass is 16.1. The summed E-state index contributed by atoms with van der Waals surface area (Å²) in [5.74, 6) is 0. The molecule has 0 radical (unpaired) electrons. The quantitative estimate of drug-likeness (QED) is 0.541. The van der Waals surface area contributed by atoms with E-state index in [9.17, 15) is 4.79 Å². The first-order chi connectivity index (χ1) is 15.0. The van der Waals surface area contributed by atoms with Gasteiger partial charge in [0.2, 0.25) is 0 Å². The van der Waals surface area contributed by atoms with Crippen molar-refractivity contribution in [3.8, 4) is 11.4 Å². The van der Waals surface area contributed by atoms with Gasteiger partial charge in [0, 0.05) is 38.4 Å². The zero-order valence-electron chi connectivity index (χ0n) is 17.8. The van der Waals surface area contributed by atoms with Crippen molar-refractivity contribution < 1.29 is 0 Å². The Morgan fingerprint density at radius 3 is 2.55 bits per heavy atom. The molecular formula is C23H25N7O. The van der Waals surface area contributed by atoms with Crippen molar-refractivity contribution >= 4 is 16.9 Å². The molecule has 4 aromatic heterocycles. The van der Waals surface area contributed by atoms with E-state index in [0.29, 0.717) is 22.5 Å². The second kappa shape index (κ2) is 6.62. The van der Waals surface area contributed by atoms with E-state index in [4.69, 9.17) is 4.98 Å².